The molecule has 8 nitrogen and oxygen atoms in total. The van der Waals surface area contributed by atoms with Gasteiger partial charge in [-0.15, -0.1) is 5.10 Å². The summed E-state index contributed by atoms with van der Waals surface area (Å²) in [6.45, 7) is 6.13. The summed E-state index contributed by atoms with van der Waals surface area (Å²) in [7, 11) is 0. The highest BCUT2D eigenvalue weighted by molar-refractivity contribution is 7.99. The molecule has 0 bridgehead atoms. The first-order valence-corrected chi connectivity index (χ1v) is 10.7. The summed E-state index contributed by atoms with van der Waals surface area (Å²) in [5, 5.41) is 15.5. The van der Waals surface area contributed by atoms with E-state index >= 15 is 0 Å². The molecule has 2 aromatic heterocycles. The molecule has 0 aliphatic carbocycles. The van der Waals surface area contributed by atoms with Crippen LogP contribution in [0.25, 0.3) is 16.7 Å². The molecule has 0 radical (unpaired) electrons. The fourth-order valence-electron chi connectivity index (χ4n) is 3.21. The molecule has 9 heteroatoms. The van der Waals surface area contributed by atoms with E-state index in [4.69, 9.17) is 0 Å². The lowest BCUT2D eigenvalue weighted by molar-refractivity contribution is -0.119. The second-order valence-corrected chi connectivity index (χ2v) is 8.37. The minimum atomic E-state index is -0.210. The smallest absolute Gasteiger partial charge is 0.231 e. The number of benzene rings is 2. The van der Waals surface area contributed by atoms with Crippen molar-refractivity contribution in [2.45, 2.75) is 32.0 Å². The van der Waals surface area contributed by atoms with E-state index in [-0.39, 0.29) is 23.6 Å². The molecule has 4 rings (SSSR count). The Hall–Kier alpha value is -3.20. The van der Waals surface area contributed by atoms with Gasteiger partial charge in [0, 0.05) is 0 Å². The van der Waals surface area contributed by atoms with Gasteiger partial charge in [0.1, 0.15) is 5.82 Å². The summed E-state index contributed by atoms with van der Waals surface area (Å²) in [5.74, 6) is 1.04. The van der Waals surface area contributed by atoms with Crippen molar-refractivity contribution in [1.82, 2.24) is 35.5 Å². The zero-order chi connectivity index (χ0) is 21.1. The Kier molecular flexibility index (Phi) is 5.80. The Balaban J connectivity index is 1.44. The van der Waals surface area contributed by atoms with E-state index in [0.29, 0.717) is 5.16 Å². The van der Waals surface area contributed by atoms with Crippen LogP contribution in [0.15, 0.2) is 53.7 Å². The highest BCUT2D eigenvalue weighted by atomic mass is 32.2. The number of para-hydroxylation sites is 2. The number of rotatable bonds is 7. The Labute approximate surface area is 178 Å². The average Bonchev–Trinajstić information content (AvgIpc) is 3.36. The maximum Gasteiger partial charge on any atom is 0.231 e. The number of carbonyl (C=O) groups is 1. The van der Waals surface area contributed by atoms with Crippen LogP contribution in [0, 0.1) is 12.8 Å². The number of hydrogen-bond donors (Lipinski definition) is 2. The van der Waals surface area contributed by atoms with Crippen LogP contribution in [-0.4, -0.2) is 41.8 Å². The van der Waals surface area contributed by atoms with Gasteiger partial charge in [-0.25, -0.2) is 4.98 Å². The Morgan fingerprint density at radius 1 is 1.20 bits per heavy atom. The zero-order valence-corrected chi connectivity index (χ0v) is 17.8. The minimum Gasteiger partial charge on any atom is -0.345 e. The molecule has 154 valence electrons. The molecule has 0 aliphatic heterocycles. The first-order valence-electron chi connectivity index (χ1n) is 9.73. The number of H-pyrrole nitrogens is 1. The summed E-state index contributed by atoms with van der Waals surface area (Å²) < 4.78 is 1.64. The van der Waals surface area contributed by atoms with Crippen LogP contribution in [0.1, 0.15) is 31.3 Å². The van der Waals surface area contributed by atoms with E-state index in [1.165, 1.54) is 11.8 Å². The summed E-state index contributed by atoms with van der Waals surface area (Å²) in [5.41, 5.74) is 3.82. The highest BCUT2D eigenvalue weighted by Crippen LogP contribution is 2.23. The van der Waals surface area contributed by atoms with Gasteiger partial charge in [0.15, 0.2) is 0 Å². The van der Waals surface area contributed by atoms with Gasteiger partial charge in [0.25, 0.3) is 0 Å². The zero-order valence-electron chi connectivity index (χ0n) is 17.0. The number of fused-ring (bicyclic) bond motifs is 1. The molecule has 1 amide bonds. The van der Waals surface area contributed by atoms with Crippen molar-refractivity contribution in [1.29, 1.82) is 0 Å². The van der Waals surface area contributed by atoms with E-state index in [1.807, 2.05) is 55.5 Å². The molecule has 0 saturated heterocycles. The number of nitrogens with one attached hydrogen (secondary N) is 2. The number of hydrogen-bond acceptors (Lipinski definition) is 6. The van der Waals surface area contributed by atoms with E-state index in [0.717, 1.165) is 28.1 Å². The molecule has 2 N–H and O–H groups in total. The molecule has 2 heterocycles. The predicted molar refractivity (Wildman–Crippen MR) is 116 cm³/mol. The van der Waals surface area contributed by atoms with E-state index < -0.39 is 0 Å². The molecule has 2 aromatic carbocycles. The summed E-state index contributed by atoms with van der Waals surface area (Å²) in [4.78, 5) is 20.7. The number of aromatic nitrogens is 6. The van der Waals surface area contributed by atoms with E-state index in [1.54, 1.807) is 4.68 Å². The predicted octanol–water partition coefficient (Wildman–Crippen LogP) is 3.45. The van der Waals surface area contributed by atoms with Crippen molar-refractivity contribution < 1.29 is 4.79 Å². The van der Waals surface area contributed by atoms with Crippen molar-refractivity contribution in [3.05, 3.63) is 59.9 Å². The second-order valence-electron chi connectivity index (χ2n) is 7.43. The quantitative estimate of drug-likeness (QED) is 0.443. The Bertz CT molecular complexity index is 1130. The number of carbonyl (C=O) groups excluding carboxylic acids is 1. The molecular weight excluding hydrogens is 398 g/mol. The number of amides is 1. The van der Waals surface area contributed by atoms with Crippen molar-refractivity contribution in [2.75, 3.05) is 5.75 Å². The molecule has 1 atom stereocenters. The van der Waals surface area contributed by atoms with Gasteiger partial charge in [-0.2, -0.15) is 4.68 Å². The third-order valence-corrected chi connectivity index (χ3v) is 5.62. The summed E-state index contributed by atoms with van der Waals surface area (Å²) >= 11 is 1.30. The van der Waals surface area contributed by atoms with Crippen LogP contribution < -0.4 is 5.32 Å². The third-order valence-electron chi connectivity index (χ3n) is 4.70. The Morgan fingerprint density at radius 2 is 2.03 bits per heavy atom. The standard InChI is InChI=1S/C21H23N7OS/c1-13(2)19(20-22-16-9-4-5-10-17(16)23-20)24-18(29)12-30-21-25-26-27-28(21)15-8-6-7-14(3)11-15/h4-11,13,19H,12H2,1-3H3,(H,22,23)(H,24,29). The maximum absolute atomic E-state index is 12.7. The lowest BCUT2D eigenvalue weighted by atomic mass is 10.0. The molecule has 0 spiro atoms. The summed E-state index contributed by atoms with van der Waals surface area (Å²) in [6.07, 6.45) is 0. The molecule has 30 heavy (non-hydrogen) atoms. The molecule has 0 saturated carbocycles. The normalized spacial score (nSPS) is 12.4. The molecule has 0 fully saturated rings. The van der Waals surface area contributed by atoms with Gasteiger partial charge in [-0.3, -0.25) is 4.79 Å². The van der Waals surface area contributed by atoms with Crippen LogP contribution in [-0.2, 0) is 4.79 Å². The van der Waals surface area contributed by atoms with Gasteiger partial charge in [-0.1, -0.05) is 49.9 Å². The number of nitrogens with zero attached hydrogens (tertiary/aromatic N) is 5. The lowest BCUT2D eigenvalue weighted by Gasteiger charge is -2.20. The average molecular weight is 422 g/mol. The number of tetrazole rings is 1. The maximum atomic E-state index is 12.7. The number of imidazole rings is 1. The number of aryl methyl sites for hydroxylation is 1. The topological polar surface area (TPSA) is 101 Å². The summed E-state index contributed by atoms with van der Waals surface area (Å²) in [6, 6.07) is 15.5. The first-order chi connectivity index (χ1) is 14.5. The second kappa shape index (κ2) is 8.66. The number of thioether (sulfide) groups is 1. The number of aromatic amines is 1. The molecule has 4 aromatic rings. The fraction of sp³-hybridized carbons (Fsp3) is 0.286. The van der Waals surface area contributed by atoms with Gasteiger partial charge >= 0.3 is 0 Å². The largest absolute Gasteiger partial charge is 0.345 e. The van der Waals surface area contributed by atoms with Gasteiger partial charge in [-0.05, 0) is 53.1 Å². The van der Waals surface area contributed by atoms with Crippen molar-refractivity contribution in [3.63, 3.8) is 0 Å². The molecule has 1 unspecified atom stereocenters. The lowest BCUT2D eigenvalue weighted by Crippen LogP contribution is -2.33. The van der Waals surface area contributed by atoms with Crippen LogP contribution in [0.5, 0.6) is 0 Å². The molecule has 0 aliphatic rings. The van der Waals surface area contributed by atoms with Crippen LogP contribution in [0.4, 0.5) is 0 Å². The van der Waals surface area contributed by atoms with Gasteiger partial charge in [0.2, 0.25) is 11.1 Å². The van der Waals surface area contributed by atoms with Crippen LogP contribution >= 0.6 is 11.8 Å². The minimum absolute atomic E-state index is 0.0991. The SMILES string of the molecule is Cc1cccc(-n2nnnc2SCC(=O)NC(c2nc3ccccc3[nH]2)C(C)C)c1. The van der Waals surface area contributed by atoms with Gasteiger partial charge < -0.3 is 10.3 Å². The van der Waals surface area contributed by atoms with Gasteiger partial charge in [0.05, 0.1) is 28.5 Å². The van der Waals surface area contributed by atoms with Crippen molar-refractivity contribution in [2.24, 2.45) is 5.92 Å². The third kappa shape index (κ3) is 4.35. The fourth-order valence-corrected chi connectivity index (χ4v) is 3.91. The molecular formula is C21H23N7OS. The monoisotopic (exact) mass is 421 g/mol. The van der Waals surface area contributed by atoms with E-state index in [2.05, 4.69) is 44.7 Å². The first kappa shape index (κ1) is 20.1. The Morgan fingerprint density at radius 3 is 2.80 bits per heavy atom. The van der Waals surface area contributed by atoms with Crippen molar-refractivity contribution >= 4 is 28.7 Å². The van der Waals surface area contributed by atoms with Crippen LogP contribution in [0.2, 0.25) is 0 Å². The highest BCUT2D eigenvalue weighted by Gasteiger charge is 2.22. The van der Waals surface area contributed by atoms with Crippen LogP contribution in [0.3, 0.4) is 0 Å². The van der Waals surface area contributed by atoms with E-state index in [9.17, 15) is 4.79 Å². The van der Waals surface area contributed by atoms with Crippen molar-refractivity contribution in [3.8, 4) is 5.69 Å².